The minimum atomic E-state index is -0.340. The number of benzene rings is 2. The van der Waals surface area contributed by atoms with Crippen LogP contribution in [-0.2, 0) is 10.7 Å². The molecular weight excluding hydrogens is 331 g/mol. The van der Waals surface area contributed by atoms with Gasteiger partial charge in [0.25, 0.3) is 0 Å². The van der Waals surface area contributed by atoms with Crippen molar-refractivity contribution in [3.63, 3.8) is 0 Å². The number of aryl methyl sites for hydroxylation is 1. The lowest BCUT2D eigenvalue weighted by Crippen LogP contribution is -2.13. The van der Waals surface area contributed by atoms with Crippen LogP contribution in [0.1, 0.15) is 37.5 Å². The topological polar surface area (TPSA) is 9.23 Å². The van der Waals surface area contributed by atoms with Gasteiger partial charge in [0.1, 0.15) is 5.75 Å². The summed E-state index contributed by atoms with van der Waals surface area (Å²) < 4.78 is 20.0. The number of ether oxygens (including phenoxy) is 1. The molecule has 0 aliphatic rings. The van der Waals surface area contributed by atoms with Crippen molar-refractivity contribution < 1.29 is 9.13 Å². The van der Waals surface area contributed by atoms with E-state index < -0.39 is 0 Å². The van der Waals surface area contributed by atoms with Gasteiger partial charge in [-0.2, -0.15) is 0 Å². The molecule has 0 heterocycles. The van der Waals surface area contributed by atoms with Crippen LogP contribution in [-0.4, -0.2) is 0 Å². The molecule has 0 aromatic heterocycles. The SMILES string of the molecule is Cc1ccc(Oc2c(F)cccc2CBr)c(C(C)(C)C)c1. The van der Waals surface area contributed by atoms with Crippen molar-refractivity contribution in [3.05, 3.63) is 58.9 Å². The van der Waals surface area contributed by atoms with Gasteiger partial charge in [0.15, 0.2) is 11.6 Å². The fraction of sp³-hybridized carbons (Fsp3) is 0.333. The highest BCUT2D eigenvalue weighted by Gasteiger charge is 2.21. The van der Waals surface area contributed by atoms with Crippen molar-refractivity contribution in [3.8, 4) is 11.5 Å². The fourth-order valence-electron chi connectivity index (χ4n) is 2.20. The summed E-state index contributed by atoms with van der Waals surface area (Å²) in [5, 5.41) is 0.552. The number of rotatable bonds is 3. The fourth-order valence-corrected chi connectivity index (χ4v) is 2.64. The molecule has 0 aliphatic carbocycles. The largest absolute Gasteiger partial charge is 0.454 e. The first-order chi connectivity index (χ1) is 9.82. The molecule has 0 unspecified atom stereocenters. The standard InChI is InChI=1S/C18H20BrFO/c1-12-8-9-16(14(10-12)18(2,3)4)21-17-13(11-19)6-5-7-15(17)20/h5-10H,11H2,1-4H3. The van der Waals surface area contributed by atoms with E-state index >= 15 is 0 Å². The maximum Gasteiger partial charge on any atom is 0.167 e. The first kappa shape index (κ1) is 16.0. The molecule has 112 valence electrons. The Morgan fingerprint density at radius 1 is 1.14 bits per heavy atom. The monoisotopic (exact) mass is 350 g/mol. The van der Waals surface area contributed by atoms with Crippen LogP contribution in [0.15, 0.2) is 36.4 Å². The molecule has 0 aliphatic heterocycles. The summed E-state index contributed by atoms with van der Waals surface area (Å²) in [7, 11) is 0. The molecule has 2 aromatic carbocycles. The van der Waals surface area contributed by atoms with Crippen LogP contribution in [0, 0.1) is 12.7 Å². The van der Waals surface area contributed by atoms with Crippen LogP contribution in [0.2, 0.25) is 0 Å². The van der Waals surface area contributed by atoms with Gasteiger partial charge < -0.3 is 4.74 Å². The quantitative estimate of drug-likeness (QED) is 0.606. The highest BCUT2D eigenvalue weighted by Crippen LogP contribution is 2.37. The van der Waals surface area contributed by atoms with Crippen molar-refractivity contribution in [2.75, 3.05) is 0 Å². The van der Waals surface area contributed by atoms with Crippen molar-refractivity contribution in [2.24, 2.45) is 0 Å². The summed E-state index contributed by atoms with van der Waals surface area (Å²) in [6.07, 6.45) is 0. The third-order valence-electron chi connectivity index (χ3n) is 3.35. The van der Waals surface area contributed by atoms with E-state index in [-0.39, 0.29) is 11.2 Å². The second-order valence-corrected chi connectivity index (χ2v) is 6.77. The molecule has 0 spiro atoms. The van der Waals surface area contributed by atoms with Gasteiger partial charge in [-0.05, 0) is 24.5 Å². The molecule has 2 aromatic rings. The molecule has 3 heteroatoms. The highest BCUT2D eigenvalue weighted by atomic mass is 79.9. The van der Waals surface area contributed by atoms with Crippen LogP contribution in [0.3, 0.4) is 0 Å². The van der Waals surface area contributed by atoms with Crippen molar-refractivity contribution in [1.29, 1.82) is 0 Å². The zero-order valence-electron chi connectivity index (χ0n) is 12.8. The number of para-hydroxylation sites is 1. The molecule has 0 fully saturated rings. The summed E-state index contributed by atoms with van der Waals surface area (Å²) in [5.74, 6) is 0.663. The average Bonchev–Trinajstić information content (AvgIpc) is 2.41. The Kier molecular flexibility index (Phi) is 4.72. The summed E-state index contributed by atoms with van der Waals surface area (Å²) >= 11 is 3.38. The summed E-state index contributed by atoms with van der Waals surface area (Å²) in [4.78, 5) is 0. The molecule has 2 rings (SSSR count). The minimum Gasteiger partial charge on any atom is -0.454 e. The molecule has 0 amide bonds. The number of hydrogen-bond acceptors (Lipinski definition) is 1. The summed E-state index contributed by atoms with van der Waals surface area (Å²) in [6, 6.07) is 11.0. The van der Waals surface area contributed by atoms with Crippen molar-refractivity contribution in [1.82, 2.24) is 0 Å². The summed E-state index contributed by atoms with van der Waals surface area (Å²) in [6.45, 7) is 8.43. The predicted octanol–water partition coefficient (Wildman–Crippen LogP) is 6.12. The molecule has 21 heavy (non-hydrogen) atoms. The van der Waals surface area contributed by atoms with E-state index in [1.54, 1.807) is 6.07 Å². The van der Waals surface area contributed by atoms with E-state index in [0.717, 1.165) is 11.1 Å². The van der Waals surface area contributed by atoms with Crippen LogP contribution in [0.4, 0.5) is 4.39 Å². The maximum absolute atomic E-state index is 14.1. The van der Waals surface area contributed by atoms with Gasteiger partial charge in [-0.3, -0.25) is 0 Å². The third-order valence-corrected chi connectivity index (χ3v) is 3.95. The van der Waals surface area contributed by atoms with Crippen LogP contribution >= 0.6 is 15.9 Å². The number of halogens is 2. The summed E-state index contributed by atoms with van der Waals surface area (Å²) in [5.41, 5.74) is 2.98. The zero-order chi connectivity index (χ0) is 15.6. The van der Waals surface area contributed by atoms with Gasteiger partial charge >= 0.3 is 0 Å². The molecule has 0 bridgehead atoms. The Balaban J connectivity index is 2.50. The van der Waals surface area contributed by atoms with Gasteiger partial charge in [0, 0.05) is 16.5 Å². The highest BCUT2D eigenvalue weighted by molar-refractivity contribution is 9.08. The van der Waals surface area contributed by atoms with Crippen LogP contribution < -0.4 is 4.74 Å². The molecule has 0 radical (unpaired) electrons. The van der Waals surface area contributed by atoms with Crippen molar-refractivity contribution >= 4 is 15.9 Å². The van der Waals surface area contributed by atoms with Gasteiger partial charge in [-0.15, -0.1) is 0 Å². The van der Waals surface area contributed by atoms with E-state index in [1.165, 1.54) is 11.6 Å². The maximum atomic E-state index is 14.1. The smallest absolute Gasteiger partial charge is 0.167 e. The average molecular weight is 351 g/mol. The van der Waals surface area contributed by atoms with Gasteiger partial charge in [-0.25, -0.2) is 4.39 Å². The van der Waals surface area contributed by atoms with E-state index in [0.29, 0.717) is 16.8 Å². The third kappa shape index (κ3) is 3.65. The lowest BCUT2D eigenvalue weighted by atomic mass is 9.85. The Morgan fingerprint density at radius 3 is 2.48 bits per heavy atom. The number of alkyl halides is 1. The number of hydrogen-bond donors (Lipinski definition) is 0. The first-order valence-corrected chi connectivity index (χ1v) is 8.07. The minimum absolute atomic E-state index is 0.0683. The van der Waals surface area contributed by atoms with Gasteiger partial charge in [0.05, 0.1) is 0 Å². The Morgan fingerprint density at radius 2 is 1.86 bits per heavy atom. The lowest BCUT2D eigenvalue weighted by molar-refractivity contribution is 0.421. The van der Waals surface area contributed by atoms with Crippen LogP contribution in [0.25, 0.3) is 0 Å². The van der Waals surface area contributed by atoms with Gasteiger partial charge in [-0.1, -0.05) is 66.5 Å². The van der Waals surface area contributed by atoms with E-state index in [2.05, 4.69) is 42.8 Å². The second kappa shape index (κ2) is 6.18. The predicted molar refractivity (Wildman–Crippen MR) is 89.0 cm³/mol. The Hall–Kier alpha value is -1.35. The zero-order valence-corrected chi connectivity index (χ0v) is 14.4. The molecule has 0 saturated carbocycles. The normalized spacial score (nSPS) is 11.5. The molecule has 0 N–H and O–H groups in total. The van der Waals surface area contributed by atoms with Crippen LogP contribution in [0.5, 0.6) is 11.5 Å². The van der Waals surface area contributed by atoms with Gasteiger partial charge in [0.2, 0.25) is 0 Å². The molecule has 0 saturated heterocycles. The first-order valence-electron chi connectivity index (χ1n) is 6.95. The Labute approximate surface area is 134 Å². The lowest BCUT2D eigenvalue weighted by Gasteiger charge is -2.24. The molecular formula is C18H20BrFO. The van der Waals surface area contributed by atoms with Crippen molar-refractivity contribution in [2.45, 2.75) is 38.4 Å². The van der Waals surface area contributed by atoms with E-state index in [4.69, 9.17) is 4.74 Å². The molecule has 1 nitrogen and oxygen atoms in total. The van der Waals surface area contributed by atoms with E-state index in [1.807, 2.05) is 25.1 Å². The second-order valence-electron chi connectivity index (χ2n) is 6.21. The Bertz CT molecular complexity index is 644. The molecule has 0 atom stereocenters. The van der Waals surface area contributed by atoms with E-state index in [9.17, 15) is 4.39 Å².